The molecule has 0 spiro atoms. The molecule has 1 atom stereocenters. The molecule has 0 radical (unpaired) electrons. The van der Waals surface area contributed by atoms with E-state index >= 15 is 0 Å². The molecule has 2 aromatic rings. The molecule has 0 aromatic heterocycles. The predicted octanol–water partition coefficient (Wildman–Crippen LogP) is 8.48. The molecule has 2 nitrogen and oxygen atoms in total. The predicted molar refractivity (Wildman–Crippen MR) is 125 cm³/mol. The van der Waals surface area contributed by atoms with Gasteiger partial charge in [0.05, 0.1) is 0 Å². The summed E-state index contributed by atoms with van der Waals surface area (Å²) >= 11 is 0. The van der Waals surface area contributed by atoms with Gasteiger partial charge in [-0.15, -0.1) is 0 Å². The van der Waals surface area contributed by atoms with E-state index in [4.69, 9.17) is 4.74 Å². The number of allylic oxidation sites excluding steroid dienone is 3. The van der Waals surface area contributed by atoms with Crippen molar-refractivity contribution in [2.75, 3.05) is 13.2 Å². The molecule has 2 aromatic carbocycles. The van der Waals surface area contributed by atoms with Crippen LogP contribution in [-0.2, 0) is 4.74 Å². The van der Waals surface area contributed by atoms with Crippen molar-refractivity contribution in [1.82, 2.24) is 0 Å². The summed E-state index contributed by atoms with van der Waals surface area (Å²) in [5.41, 5.74) is -0.705. The van der Waals surface area contributed by atoms with E-state index in [1.165, 1.54) is 12.1 Å². The normalized spacial score (nSPS) is 22.7. The van der Waals surface area contributed by atoms with E-state index in [0.29, 0.717) is 24.7 Å². The maximum absolute atomic E-state index is 14.9. The zero-order valence-electron chi connectivity index (χ0n) is 20.2. The van der Waals surface area contributed by atoms with Crippen LogP contribution < -0.4 is 4.74 Å². The van der Waals surface area contributed by atoms with Gasteiger partial charge in [-0.25, -0.2) is 22.0 Å². The first-order valence-electron chi connectivity index (χ1n) is 12.2. The molecule has 9 heteroatoms. The van der Waals surface area contributed by atoms with Crippen molar-refractivity contribution in [2.24, 2.45) is 11.8 Å². The number of rotatable bonds is 8. The second kappa shape index (κ2) is 11.3. The van der Waals surface area contributed by atoms with Crippen molar-refractivity contribution in [3.8, 4) is 16.9 Å². The molecule has 2 aliphatic carbocycles. The van der Waals surface area contributed by atoms with Gasteiger partial charge >= 0.3 is 6.11 Å². The van der Waals surface area contributed by atoms with Crippen LogP contribution in [0.25, 0.3) is 11.1 Å². The lowest BCUT2D eigenvalue weighted by Crippen LogP contribution is -2.35. The maximum atomic E-state index is 14.9. The first-order valence-corrected chi connectivity index (χ1v) is 12.2. The Labute approximate surface area is 210 Å². The van der Waals surface area contributed by atoms with Gasteiger partial charge in [-0.1, -0.05) is 17.7 Å². The van der Waals surface area contributed by atoms with Gasteiger partial charge < -0.3 is 9.47 Å². The molecule has 200 valence electrons. The summed E-state index contributed by atoms with van der Waals surface area (Å²) in [5, 5.41) is 0. The molecule has 1 unspecified atom stereocenters. The number of halogens is 7. The quantitative estimate of drug-likeness (QED) is 0.253. The lowest BCUT2D eigenvalue weighted by molar-refractivity contribution is -0.150. The first-order chi connectivity index (χ1) is 17.6. The summed E-state index contributed by atoms with van der Waals surface area (Å²) in [6, 6.07) is 6.09. The fourth-order valence-corrected chi connectivity index (χ4v) is 4.99. The SMILES string of the molecule is CCOCC1CCC(C2=CC(F)=C(C(F)(F)Oc3ccc(-c4cc(F)c(F)c(F)c4)cc3)C(F)C2)CC1. The fourth-order valence-electron chi connectivity index (χ4n) is 4.99. The molecular weight excluding hydrogens is 501 g/mol. The number of hydrogen-bond acceptors (Lipinski definition) is 2. The zero-order chi connectivity index (χ0) is 26.7. The van der Waals surface area contributed by atoms with Crippen molar-refractivity contribution >= 4 is 0 Å². The molecule has 0 amide bonds. The number of benzene rings is 2. The lowest BCUT2D eigenvalue weighted by Gasteiger charge is -2.33. The van der Waals surface area contributed by atoms with Crippen LogP contribution in [0.3, 0.4) is 0 Å². The number of hydrogen-bond donors (Lipinski definition) is 0. The Hall–Kier alpha value is -2.81. The van der Waals surface area contributed by atoms with Crippen molar-refractivity contribution in [1.29, 1.82) is 0 Å². The highest BCUT2D eigenvalue weighted by Crippen LogP contribution is 2.44. The van der Waals surface area contributed by atoms with Crippen LogP contribution in [0.4, 0.5) is 30.7 Å². The van der Waals surface area contributed by atoms with E-state index < -0.39 is 46.9 Å². The molecule has 2 aliphatic rings. The Morgan fingerprint density at radius 3 is 2.08 bits per heavy atom. The van der Waals surface area contributed by atoms with Crippen LogP contribution in [0.5, 0.6) is 5.75 Å². The van der Waals surface area contributed by atoms with Crippen molar-refractivity contribution in [3.63, 3.8) is 0 Å². The van der Waals surface area contributed by atoms with E-state index in [1.54, 1.807) is 0 Å². The van der Waals surface area contributed by atoms with Crippen LogP contribution in [0.2, 0.25) is 0 Å². The summed E-state index contributed by atoms with van der Waals surface area (Å²) in [6.45, 7) is 3.19. The average Bonchev–Trinajstić information content (AvgIpc) is 2.85. The van der Waals surface area contributed by atoms with Gasteiger partial charge in [0.15, 0.2) is 17.5 Å². The molecule has 0 heterocycles. The number of alkyl halides is 3. The minimum absolute atomic E-state index is 0.0239. The molecule has 37 heavy (non-hydrogen) atoms. The summed E-state index contributed by atoms with van der Waals surface area (Å²) in [7, 11) is 0. The summed E-state index contributed by atoms with van der Waals surface area (Å²) in [5.74, 6) is -5.85. The van der Waals surface area contributed by atoms with E-state index in [-0.39, 0.29) is 23.5 Å². The number of ether oxygens (including phenoxy) is 2. The summed E-state index contributed by atoms with van der Waals surface area (Å²) in [4.78, 5) is 0. The van der Waals surface area contributed by atoms with E-state index in [0.717, 1.165) is 56.0 Å². The van der Waals surface area contributed by atoms with E-state index in [2.05, 4.69) is 4.74 Å². The van der Waals surface area contributed by atoms with Crippen LogP contribution in [-0.4, -0.2) is 25.5 Å². The van der Waals surface area contributed by atoms with Gasteiger partial charge in [-0.3, -0.25) is 0 Å². The largest absolute Gasteiger partial charge is 0.429 e. The molecule has 0 N–H and O–H groups in total. The third-order valence-electron chi connectivity index (χ3n) is 6.96. The third-order valence-corrected chi connectivity index (χ3v) is 6.96. The molecule has 0 bridgehead atoms. The zero-order valence-corrected chi connectivity index (χ0v) is 20.2. The molecule has 0 saturated heterocycles. The van der Waals surface area contributed by atoms with Gasteiger partial charge in [0, 0.05) is 19.6 Å². The van der Waals surface area contributed by atoms with Gasteiger partial charge in [-0.2, -0.15) is 8.78 Å². The molecular formula is C28H27F7O2. The second-order valence-electron chi connectivity index (χ2n) is 9.43. The van der Waals surface area contributed by atoms with Crippen LogP contribution >= 0.6 is 0 Å². The minimum Gasteiger partial charge on any atom is -0.429 e. The topological polar surface area (TPSA) is 18.5 Å². The Morgan fingerprint density at radius 1 is 0.892 bits per heavy atom. The second-order valence-corrected chi connectivity index (χ2v) is 9.43. The average molecular weight is 529 g/mol. The van der Waals surface area contributed by atoms with Crippen molar-refractivity contribution < 1.29 is 40.2 Å². The fraction of sp³-hybridized carbons (Fsp3) is 0.429. The highest BCUT2D eigenvalue weighted by molar-refractivity contribution is 5.64. The summed E-state index contributed by atoms with van der Waals surface area (Å²) in [6.07, 6.45) is -2.69. The maximum Gasteiger partial charge on any atom is 0.428 e. The smallest absolute Gasteiger partial charge is 0.428 e. The minimum atomic E-state index is -4.27. The van der Waals surface area contributed by atoms with Gasteiger partial charge in [0.1, 0.15) is 23.3 Å². The van der Waals surface area contributed by atoms with Crippen LogP contribution in [0.15, 0.2) is 59.4 Å². The van der Waals surface area contributed by atoms with E-state index in [9.17, 15) is 30.7 Å². The van der Waals surface area contributed by atoms with Gasteiger partial charge in [-0.05, 0) is 85.9 Å². The Morgan fingerprint density at radius 2 is 1.51 bits per heavy atom. The van der Waals surface area contributed by atoms with Gasteiger partial charge in [0.2, 0.25) is 0 Å². The van der Waals surface area contributed by atoms with Crippen molar-refractivity contribution in [2.45, 2.75) is 51.3 Å². The molecule has 1 fully saturated rings. The molecule has 0 aliphatic heterocycles. The highest BCUT2D eigenvalue weighted by atomic mass is 19.3. The summed E-state index contributed by atoms with van der Waals surface area (Å²) < 4.78 is 110. The highest BCUT2D eigenvalue weighted by Gasteiger charge is 2.47. The first kappa shape index (κ1) is 27.2. The van der Waals surface area contributed by atoms with E-state index in [1.807, 2.05) is 6.92 Å². The van der Waals surface area contributed by atoms with Gasteiger partial charge in [0.25, 0.3) is 0 Å². The monoisotopic (exact) mass is 528 g/mol. The Bertz CT molecular complexity index is 1140. The lowest BCUT2D eigenvalue weighted by atomic mass is 9.75. The third kappa shape index (κ3) is 6.20. The van der Waals surface area contributed by atoms with Crippen LogP contribution in [0, 0.1) is 29.3 Å². The van der Waals surface area contributed by atoms with Crippen LogP contribution in [0.1, 0.15) is 39.0 Å². The Balaban J connectivity index is 1.46. The molecule has 4 rings (SSSR count). The standard InChI is InChI=1S/C28H27F7O2/c1-2-36-15-16-3-5-17(6-4-16)19-11-22(29)26(23(30)12-19)28(34,35)37-21-9-7-18(8-10-21)20-13-24(31)27(33)25(32)14-20/h7-11,13-14,16-17,23H,2-6,12,15H2,1H3. The molecule has 1 saturated carbocycles. The Kier molecular flexibility index (Phi) is 8.31. The van der Waals surface area contributed by atoms with Crippen molar-refractivity contribution in [3.05, 3.63) is 76.9 Å².